The van der Waals surface area contributed by atoms with Crippen LogP contribution in [0.1, 0.15) is 11.6 Å². The number of phenolic OH excluding ortho intramolecular Hbond substituents is 1. The Bertz CT molecular complexity index is 321. The molecular weight excluding hydrogens is 260 g/mol. The van der Waals surface area contributed by atoms with Gasteiger partial charge < -0.3 is 10.8 Å². The van der Waals surface area contributed by atoms with Gasteiger partial charge >= 0.3 is 0 Å². The van der Waals surface area contributed by atoms with Crippen molar-refractivity contribution >= 4 is 27.5 Å². The number of halogens is 3. The van der Waals surface area contributed by atoms with Crippen molar-refractivity contribution in [3.8, 4) is 5.75 Å². The molecule has 0 saturated heterocycles. The fraction of sp³-hybridized carbons (Fsp3) is 0.250. The van der Waals surface area contributed by atoms with E-state index in [2.05, 4.69) is 15.9 Å². The molecule has 0 heterocycles. The van der Waals surface area contributed by atoms with Gasteiger partial charge in [-0.25, -0.2) is 4.39 Å². The SMILES string of the molecule is NC(CF)c1c(Cl)ccc(Br)c1O. The summed E-state index contributed by atoms with van der Waals surface area (Å²) in [5, 5.41) is 9.77. The molecule has 0 aliphatic heterocycles. The number of nitrogens with two attached hydrogens (primary N) is 1. The number of hydrogen-bond acceptors (Lipinski definition) is 2. The Morgan fingerprint density at radius 3 is 2.77 bits per heavy atom. The molecule has 0 amide bonds. The van der Waals surface area contributed by atoms with Crippen LogP contribution in [0, 0.1) is 0 Å². The number of benzene rings is 1. The van der Waals surface area contributed by atoms with Crippen LogP contribution in [0.25, 0.3) is 0 Å². The third-order valence-corrected chi connectivity index (χ3v) is 2.62. The number of alkyl halides is 1. The van der Waals surface area contributed by atoms with Crippen LogP contribution in [0.5, 0.6) is 5.75 Å². The van der Waals surface area contributed by atoms with Crippen molar-refractivity contribution in [2.45, 2.75) is 6.04 Å². The van der Waals surface area contributed by atoms with Crippen molar-refractivity contribution in [3.05, 3.63) is 27.2 Å². The molecule has 3 N–H and O–H groups in total. The molecule has 1 rings (SSSR count). The standard InChI is InChI=1S/C8H8BrClFNO/c9-4-1-2-5(10)7(8(4)13)6(12)3-11/h1-2,6,13H,3,12H2. The Morgan fingerprint density at radius 2 is 2.23 bits per heavy atom. The first-order valence-electron chi connectivity index (χ1n) is 3.56. The summed E-state index contributed by atoms with van der Waals surface area (Å²) < 4.78 is 12.7. The van der Waals surface area contributed by atoms with Gasteiger partial charge in [0.05, 0.1) is 10.5 Å². The fourth-order valence-electron chi connectivity index (χ4n) is 0.987. The average molecular weight is 269 g/mol. The van der Waals surface area contributed by atoms with Crippen LogP contribution in [-0.4, -0.2) is 11.8 Å². The van der Waals surface area contributed by atoms with Gasteiger partial charge in [0.15, 0.2) is 0 Å². The minimum atomic E-state index is -0.884. The third-order valence-electron chi connectivity index (χ3n) is 1.65. The van der Waals surface area contributed by atoms with E-state index in [1.807, 2.05) is 0 Å². The smallest absolute Gasteiger partial charge is 0.136 e. The second kappa shape index (κ2) is 4.26. The topological polar surface area (TPSA) is 46.2 Å². The van der Waals surface area contributed by atoms with E-state index in [9.17, 15) is 9.50 Å². The summed E-state index contributed by atoms with van der Waals surface area (Å²) in [6.07, 6.45) is 0. The van der Waals surface area contributed by atoms with Gasteiger partial charge in [-0.1, -0.05) is 11.6 Å². The molecule has 0 spiro atoms. The second-order valence-electron chi connectivity index (χ2n) is 2.55. The molecule has 13 heavy (non-hydrogen) atoms. The van der Waals surface area contributed by atoms with E-state index in [4.69, 9.17) is 17.3 Å². The summed E-state index contributed by atoms with van der Waals surface area (Å²) in [6, 6.07) is 2.24. The maximum atomic E-state index is 12.3. The van der Waals surface area contributed by atoms with E-state index in [-0.39, 0.29) is 16.3 Å². The summed E-state index contributed by atoms with van der Waals surface area (Å²) in [6.45, 7) is -0.760. The van der Waals surface area contributed by atoms with E-state index in [1.165, 1.54) is 0 Å². The van der Waals surface area contributed by atoms with Crippen molar-refractivity contribution in [3.63, 3.8) is 0 Å². The molecular formula is C8H8BrClFNO. The lowest BCUT2D eigenvalue weighted by atomic mass is 10.1. The molecule has 0 aromatic heterocycles. The zero-order chi connectivity index (χ0) is 10.0. The van der Waals surface area contributed by atoms with Crippen LogP contribution < -0.4 is 5.73 Å². The number of aromatic hydroxyl groups is 1. The zero-order valence-electron chi connectivity index (χ0n) is 6.60. The van der Waals surface area contributed by atoms with Gasteiger partial charge in [-0.2, -0.15) is 0 Å². The Balaban J connectivity index is 3.25. The molecule has 2 nitrogen and oxygen atoms in total. The molecule has 0 saturated carbocycles. The van der Waals surface area contributed by atoms with Gasteiger partial charge in [-0.05, 0) is 28.1 Å². The summed E-state index contributed by atoms with van der Waals surface area (Å²) in [5.74, 6) is -0.0994. The maximum Gasteiger partial charge on any atom is 0.136 e. The molecule has 1 unspecified atom stereocenters. The molecule has 0 aliphatic rings. The van der Waals surface area contributed by atoms with Crippen LogP contribution in [-0.2, 0) is 0 Å². The molecule has 0 bridgehead atoms. The fourth-order valence-corrected chi connectivity index (χ4v) is 1.63. The molecule has 1 aromatic carbocycles. The summed E-state index contributed by atoms with van der Waals surface area (Å²) >= 11 is 8.84. The lowest BCUT2D eigenvalue weighted by molar-refractivity contribution is 0.413. The number of rotatable bonds is 2. The van der Waals surface area contributed by atoms with Gasteiger partial charge in [0.2, 0.25) is 0 Å². The summed E-state index contributed by atoms with van der Waals surface area (Å²) in [7, 11) is 0. The van der Waals surface area contributed by atoms with Gasteiger partial charge in [0.1, 0.15) is 12.4 Å². The largest absolute Gasteiger partial charge is 0.506 e. The highest BCUT2D eigenvalue weighted by molar-refractivity contribution is 9.10. The molecule has 0 fully saturated rings. The second-order valence-corrected chi connectivity index (χ2v) is 3.81. The predicted molar refractivity (Wildman–Crippen MR) is 53.7 cm³/mol. The van der Waals surface area contributed by atoms with Gasteiger partial charge in [0.25, 0.3) is 0 Å². The first-order chi connectivity index (χ1) is 6.07. The molecule has 1 aromatic rings. The minimum absolute atomic E-state index is 0.0994. The van der Waals surface area contributed by atoms with Crippen LogP contribution >= 0.6 is 27.5 Å². The lowest BCUT2D eigenvalue weighted by Crippen LogP contribution is -2.13. The Hall–Kier alpha value is -0.320. The van der Waals surface area contributed by atoms with Crippen molar-refractivity contribution < 1.29 is 9.50 Å². The Morgan fingerprint density at radius 1 is 1.62 bits per heavy atom. The third kappa shape index (κ3) is 2.13. The van der Waals surface area contributed by atoms with Crippen molar-refractivity contribution in [1.82, 2.24) is 0 Å². The van der Waals surface area contributed by atoms with E-state index in [1.54, 1.807) is 12.1 Å². The Kier molecular flexibility index (Phi) is 3.53. The van der Waals surface area contributed by atoms with Crippen LogP contribution in [0.3, 0.4) is 0 Å². The molecule has 0 radical (unpaired) electrons. The zero-order valence-corrected chi connectivity index (χ0v) is 8.94. The lowest BCUT2D eigenvalue weighted by Gasteiger charge is -2.12. The van der Waals surface area contributed by atoms with E-state index < -0.39 is 12.7 Å². The molecule has 0 aliphatic carbocycles. The molecule has 72 valence electrons. The van der Waals surface area contributed by atoms with Crippen molar-refractivity contribution in [2.75, 3.05) is 6.67 Å². The van der Waals surface area contributed by atoms with Gasteiger partial charge in [-0.3, -0.25) is 0 Å². The van der Waals surface area contributed by atoms with E-state index in [0.29, 0.717) is 4.47 Å². The minimum Gasteiger partial charge on any atom is -0.506 e. The van der Waals surface area contributed by atoms with Crippen molar-refractivity contribution in [2.24, 2.45) is 5.73 Å². The first kappa shape index (κ1) is 10.8. The quantitative estimate of drug-likeness (QED) is 0.866. The van der Waals surface area contributed by atoms with Crippen LogP contribution in [0.4, 0.5) is 4.39 Å². The average Bonchev–Trinajstić information content (AvgIpc) is 2.12. The first-order valence-corrected chi connectivity index (χ1v) is 4.73. The van der Waals surface area contributed by atoms with Crippen LogP contribution in [0.15, 0.2) is 16.6 Å². The van der Waals surface area contributed by atoms with Crippen LogP contribution in [0.2, 0.25) is 5.02 Å². The normalized spacial score (nSPS) is 12.9. The number of hydrogen-bond donors (Lipinski definition) is 2. The summed E-state index contributed by atoms with van der Waals surface area (Å²) in [5.41, 5.74) is 5.66. The van der Waals surface area contributed by atoms with Gasteiger partial charge in [0, 0.05) is 10.6 Å². The number of phenols is 1. The van der Waals surface area contributed by atoms with Gasteiger partial charge in [-0.15, -0.1) is 0 Å². The maximum absolute atomic E-state index is 12.3. The van der Waals surface area contributed by atoms with Crippen molar-refractivity contribution in [1.29, 1.82) is 0 Å². The summed E-state index contributed by atoms with van der Waals surface area (Å²) in [4.78, 5) is 0. The highest BCUT2D eigenvalue weighted by Gasteiger charge is 2.16. The predicted octanol–water partition coefficient (Wildman–Crippen LogP) is 2.78. The van der Waals surface area contributed by atoms with E-state index in [0.717, 1.165) is 0 Å². The highest BCUT2D eigenvalue weighted by Crippen LogP contribution is 2.36. The van der Waals surface area contributed by atoms with E-state index >= 15 is 0 Å². The Labute approximate surface area is 88.6 Å². The molecule has 1 atom stereocenters. The highest BCUT2D eigenvalue weighted by atomic mass is 79.9. The molecule has 5 heteroatoms. The monoisotopic (exact) mass is 267 g/mol.